The van der Waals surface area contributed by atoms with Crippen LogP contribution < -0.4 is 0 Å². The molecule has 2 heteroatoms. The average molecular weight is 517 g/mol. The maximum absolute atomic E-state index is 6.77. The third-order valence-corrected chi connectivity index (χ3v) is 8.37. The van der Waals surface area contributed by atoms with E-state index in [0.717, 1.165) is 37.0 Å². The number of para-hydroxylation sites is 1. The Balaban J connectivity index is 1.77. The van der Waals surface area contributed by atoms with Gasteiger partial charge < -0.3 is 4.42 Å². The molecule has 3 aromatic carbocycles. The highest BCUT2D eigenvalue weighted by molar-refractivity contribution is 7.16. The zero-order valence-corrected chi connectivity index (χ0v) is 23.7. The first-order chi connectivity index (χ1) is 18.6. The quantitative estimate of drug-likeness (QED) is 0.178. The number of fused-ring (bicyclic) bond motifs is 1. The molecule has 0 atom stereocenters. The van der Waals surface area contributed by atoms with Gasteiger partial charge in [-0.3, -0.25) is 0 Å². The Morgan fingerprint density at radius 2 is 1.50 bits per heavy atom. The number of hydrogen-bond acceptors (Lipinski definition) is 2. The van der Waals surface area contributed by atoms with Gasteiger partial charge in [-0.25, -0.2) is 0 Å². The van der Waals surface area contributed by atoms with E-state index < -0.39 is 0 Å². The van der Waals surface area contributed by atoms with E-state index in [1.165, 1.54) is 54.1 Å². The summed E-state index contributed by atoms with van der Waals surface area (Å²) in [6, 6.07) is 32.3. The van der Waals surface area contributed by atoms with E-state index >= 15 is 0 Å². The normalized spacial score (nSPS) is 12.7. The molecule has 192 valence electrons. The molecule has 38 heavy (non-hydrogen) atoms. The van der Waals surface area contributed by atoms with Gasteiger partial charge in [0.05, 0.1) is 0 Å². The first-order valence-corrected chi connectivity index (χ1v) is 14.6. The molecule has 0 saturated carbocycles. The average Bonchev–Trinajstić information content (AvgIpc) is 3.54. The lowest BCUT2D eigenvalue weighted by atomic mass is 9.92. The zero-order valence-electron chi connectivity index (χ0n) is 22.9. The van der Waals surface area contributed by atoms with Gasteiger partial charge >= 0.3 is 0 Å². The first kappa shape index (κ1) is 26.0. The minimum atomic E-state index is 0.944. The summed E-state index contributed by atoms with van der Waals surface area (Å²) in [6.07, 6.45) is 6.63. The SMILES string of the molecule is CCC/C(C)=C(/C=C(\C)c1ccccc1)c1oc2ccccc2c1-c1cc(-c2ccccc2)sc1CCC. The summed E-state index contributed by atoms with van der Waals surface area (Å²) in [6.45, 7) is 8.99. The third-order valence-electron chi connectivity index (χ3n) is 7.13. The van der Waals surface area contributed by atoms with E-state index in [1.54, 1.807) is 0 Å². The van der Waals surface area contributed by atoms with Gasteiger partial charge in [0.1, 0.15) is 11.3 Å². The standard InChI is InChI=1S/C36H36OS/c1-5-15-25(3)30(23-26(4)27-17-9-7-10-18-27)36-35(29-21-13-14-22-32(29)37-36)31-24-34(38-33(31)16-6-2)28-19-11-8-12-20-28/h7-14,17-24H,5-6,15-16H2,1-4H3/b26-23+,30-25-. The lowest BCUT2D eigenvalue weighted by Crippen LogP contribution is -1.92. The number of allylic oxidation sites excluding steroid dienone is 4. The van der Waals surface area contributed by atoms with Crippen LogP contribution in [0.2, 0.25) is 0 Å². The highest BCUT2D eigenvalue weighted by Gasteiger charge is 2.24. The van der Waals surface area contributed by atoms with E-state index in [9.17, 15) is 0 Å². The van der Waals surface area contributed by atoms with Crippen molar-refractivity contribution in [3.05, 3.63) is 119 Å². The van der Waals surface area contributed by atoms with Crippen molar-refractivity contribution in [1.29, 1.82) is 0 Å². The van der Waals surface area contributed by atoms with Crippen molar-refractivity contribution in [2.24, 2.45) is 0 Å². The van der Waals surface area contributed by atoms with Crippen molar-refractivity contribution in [3.63, 3.8) is 0 Å². The van der Waals surface area contributed by atoms with E-state index in [0.29, 0.717) is 0 Å². The molecular formula is C36H36OS. The van der Waals surface area contributed by atoms with Crippen LogP contribution in [-0.4, -0.2) is 0 Å². The van der Waals surface area contributed by atoms with E-state index in [2.05, 4.69) is 125 Å². The van der Waals surface area contributed by atoms with Crippen LogP contribution in [0, 0.1) is 0 Å². The van der Waals surface area contributed by atoms with Crippen molar-refractivity contribution in [1.82, 2.24) is 0 Å². The van der Waals surface area contributed by atoms with E-state index in [-0.39, 0.29) is 0 Å². The summed E-state index contributed by atoms with van der Waals surface area (Å²) in [5.74, 6) is 0.988. The topological polar surface area (TPSA) is 13.1 Å². The molecule has 0 saturated heterocycles. The minimum absolute atomic E-state index is 0.944. The fourth-order valence-corrected chi connectivity index (χ4v) is 6.47. The zero-order chi connectivity index (χ0) is 26.5. The summed E-state index contributed by atoms with van der Waals surface area (Å²) in [7, 11) is 0. The summed E-state index contributed by atoms with van der Waals surface area (Å²) >= 11 is 1.92. The second kappa shape index (κ2) is 11.8. The summed E-state index contributed by atoms with van der Waals surface area (Å²) in [5, 5.41) is 1.19. The molecule has 5 aromatic rings. The molecule has 1 nitrogen and oxygen atoms in total. The monoisotopic (exact) mass is 516 g/mol. The van der Waals surface area contributed by atoms with Crippen LogP contribution in [0.4, 0.5) is 0 Å². The lowest BCUT2D eigenvalue weighted by molar-refractivity contribution is 0.601. The number of aryl methyl sites for hydroxylation is 1. The molecule has 0 bridgehead atoms. The fraction of sp³-hybridized carbons (Fsp3) is 0.222. The molecular weight excluding hydrogens is 480 g/mol. The van der Waals surface area contributed by atoms with Crippen LogP contribution in [-0.2, 0) is 6.42 Å². The molecule has 2 aromatic heterocycles. The maximum Gasteiger partial charge on any atom is 0.143 e. The second-order valence-corrected chi connectivity index (χ2v) is 11.1. The van der Waals surface area contributed by atoms with Gasteiger partial charge in [-0.05, 0) is 61.6 Å². The molecule has 0 spiro atoms. The van der Waals surface area contributed by atoms with Crippen molar-refractivity contribution in [2.45, 2.75) is 53.4 Å². The van der Waals surface area contributed by atoms with Crippen LogP contribution in [0.5, 0.6) is 0 Å². The molecule has 0 fully saturated rings. The van der Waals surface area contributed by atoms with Crippen LogP contribution in [0.25, 0.3) is 43.7 Å². The van der Waals surface area contributed by atoms with Gasteiger partial charge in [0.15, 0.2) is 0 Å². The van der Waals surface area contributed by atoms with Crippen molar-refractivity contribution in [2.75, 3.05) is 0 Å². The number of furan rings is 1. The smallest absolute Gasteiger partial charge is 0.143 e. The maximum atomic E-state index is 6.77. The third kappa shape index (κ3) is 5.33. The van der Waals surface area contributed by atoms with Crippen LogP contribution >= 0.6 is 11.3 Å². The number of benzene rings is 3. The van der Waals surface area contributed by atoms with Gasteiger partial charge in [-0.15, -0.1) is 11.3 Å². The van der Waals surface area contributed by atoms with E-state index in [1.807, 2.05) is 11.3 Å². The van der Waals surface area contributed by atoms with E-state index in [4.69, 9.17) is 4.42 Å². The minimum Gasteiger partial charge on any atom is -0.455 e. The predicted octanol–water partition coefficient (Wildman–Crippen LogP) is 11.5. The first-order valence-electron chi connectivity index (χ1n) is 13.7. The van der Waals surface area contributed by atoms with Gasteiger partial charge in [-0.1, -0.05) is 111 Å². The predicted molar refractivity (Wildman–Crippen MR) is 167 cm³/mol. The Labute approximate surface area is 231 Å². The van der Waals surface area contributed by atoms with Crippen molar-refractivity contribution in [3.8, 4) is 21.6 Å². The van der Waals surface area contributed by atoms with Crippen molar-refractivity contribution >= 4 is 33.5 Å². The van der Waals surface area contributed by atoms with Crippen LogP contribution in [0.15, 0.2) is 107 Å². The summed E-state index contributed by atoms with van der Waals surface area (Å²) < 4.78 is 6.77. The summed E-state index contributed by atoms with van der Waals surface area (Å²) in [5.41, 5.74) is 9.79. The molecule has 0 aliphatic rings. The van der Waals surface area contributed by atoms with Gasteiger partial charge in [-0.2, -0.15) is 0 Å². The summed E-state index contributed by atoms with van der Waals surface area (Å²) in [4.78, 5) is 2.74. The largest absolute Gasteiger partial charge is 0.455 e. The molecule has 0 amide bonds. The second-order valence-electron chi connectivity index (χ2n) is 10.0. The molecule has 0 aliphatic carbocycles. The van der Waals surface area contributed by atoms with Crippen molar-refractivity contribution < 1.29 is 4.42 Å². The Bertz CT molecular complexity index is 1580. The van der Waals surface area contributed by atoms with Crippen LogP contribution in [0.3, 0.4) is 0 Å². The van der Waals surface area contributed by atoms with Gasteiger partial charge in [0.2, 0.25) is 0 Å². The number of rotatable bonds is 9. The highest BCUT2D eigenvalue weighted by atomic mass is 32.1. The van der Waals surface area contributed by atoms with Crippen LogP contribution in [0.1, 0.15) is 63.2 Å². The Hall–Kier alpha value is -3.62. The number of thiophene rings is 1. The lowest BCUT2D eigenvalue weighted by Gasteiger charge is -2.12. The Kier molecular flexibility index (Phi) is 8.10. The van der Waals surface area contributed by atoms with Gasteiger partial charge in [0.25, 0.3) is 0 Å². The van der Waals surface area contributed by atoms with Gasteiger partial charge in [0, 0.05) is 31.8 Å². The fourth-order valence-electron chi connectivity index (χ4n) is 5.19. The number of hydrogen-bond donors (Lipinski definition) is 0. The molecule has 0 N–H and O–H groups in total. The molecule has 0 aliphatic heterocycles. The molecule has 0 unspecified atom stereocenters. The molecule has 5 rings (SSSR count). The molecule has 0 radical (unpaired) electrons. The Morgan fingerprint density at radius 3 is 2.21 bits per heavy atom. The highest BCUT2D eigenvalue weighted by Crippen LogP contribution is 2.46. The molecule has 2 heterocycles. The Morgan fingerprint density at radius 1 is 0.816 bits per heavy atom.